The minimum atomic E-state index is -0.505. The molecule has 0 bridgehead atoms. The van der Waals surface area contributed by atoms with Crippen LogP contribution in [-0.4, -0.2) is 14.5 Å². The second-order valence-electron chi connectivity index (χ2n) is 6.59. The average molecular weight is 334 g/mol. The summed E-state index contributed by atoms with van der Waals surface area (Å²) in [5.74, 6) is 0.632. The van der Waals surface area contributed by atoms with E-state index in [0.29, 0.717) is 12.3 Å². The minimum absolute atomic E-state index is 0.505. The number of rotatable bonds is 4. The SMILES string of the molecule is OC(Cc1cccc2ccccc12)c1c(C2CC2)sc2cncn12. The summed E-state index contributed by atoms with van der Waals surface area (Å²) in [4.78, 5) is 6.72. The van der Waals surface area contributed by atoms with Gasteiger partial charge in [-0.2, -0.15) is 0 Å². The molecule has 5 rings (SSSR count). The van der Waals surface area contributed by atoms with Crippen LogP contribution in [0.15, 0.2) is 55.0 Å². The molecule has 1 aliphatic carbocycles. The van der Waals surface area contributed by atoms with Gasteiger partial charge in [0.25, 0.3) is 0 Å². The van der Waals surface area contributed by atoms with Gasteiger partial charge in [-0.15, -0.1) is 11.3 Å². The number of thiazole rings is 1. The molecule has 1 atom stereocenters. The average Bonchev–Trinajstić information content (AvgIpc) is 3.23. The van der Waals surface area contributed by atoms with Crippen molar-refractivity contribution < 1.29 is 5.11 Å². The molecule has 2 aromatic carbocycles. The number of nitrogens with zero attached hydrogens (tertiary/aromatic N) is 2. The molecule has 0 radical (unpaired) electrons. The standard InChI is InChI=1S/C20H18N2OS/c23-17(10-15-6-3-5-13-4-1-2-7-16(13)15)19-20(14-8-9-14)24-18-11-21-12-22(18)19/h1-7,11-12,14,17,23H,8-10H2. The van der Waals surface area contributed by atoms with Crippen molar-refractivity contribution in [1.82, 2.24) is 9.38 Å². The molecular weight excluding hydrogens is 316 g/mol. The number of fused-ring (bicyclic) bond motifs is 2. The van der Waals surface area contributed by atoms with Gasteiger partial charge in [0, 0.05) is 11.3 Å². The van der Waals surface area contributed by atoms with E-state index < -0.39 is 6.10 Å². The fraction of sp³-hybridized carbons (Fsp3) is 0.250. The monoisotopic (exact) mass is 334 g/mol. The molecule has 4 aromatic rings. The van der Waals surface area contributed by atoms with Crippen LogP contribution in [0.1, 0.15) is 41.0 Å². The Morgan fingerprint density at radius 2 is 2.00 bits per heavy atom. The number of aromatic nitrogens is 2. The van der Waals surface area contributed by atoms with E-state index in [2.05, 4.69) is 51.8 Å². The van der Waals surface area contributed by atoms with E-state index in [9.17, 15) is 5.11 Å². The number of imidazole rings is 1. The summed E-state index contributed by atoms with van der Waals surface area (Å²) in [7, 11) is 0. The largest absolute Gasteiger partial charge is 0.386 e. The fourth-order valence-corrected chi connectivity index (χ4v) is 4.89. The van der Waals surface area contributed by atoms with Crippen molar-refractivity contribution in [3.05, 3.63) is 71.1 Å². The molecule has 0 amide bonds. The number of aliphatic hydroxyl groups excluding tert-OH is 1. The molecule has 1 N–H and O–H groups in total. The molecule has 3 nitrogen and oxygen atoms in total. The van der Waals surface area contributed by atoms with Gasteiger partial charge in [0.1, 0.15) is 11.2 Å². The Balaban J connectivity index is 1.58. The van der Waals surface area contributed by atoms with Crippen molar-refractivity contribution in [3.63, 3.8) is 0 Å². The Hall–Kier alpha value is -2.17. The number of hydrogen-bond donors (Lipinski definition) is 1. The third-order valence-electron chi connectivity index (χ3n) is 4.89. The molecule has 120 valence electrons. The smallest absolute Gasteiger partial charge is 0.120 e. The predicted molar refractivity (Wildman–Crippen MR) is 97.7 cm³/mol. The van der Waals surface area contributed by atoms with Gasteiger partial charge >= 0.3 is 0 Å². The summed E-state index contributed by atoms with van der Waals surface area (Å²) < 4.78 is 2.08. The Kier molecular flexibility index (Phi) is 3.21. The summed E-state index contributed by atoms with van der Waals surface area (Å²) in [6.45, 7) is 0. The molecule has 0 saturated heterocycles. The van der Waals surface area contributed by atoms with E-state index in [1.54, 1.807) is 11.3 Å². The highest BCUT2D eigenvalue weighted by Gasteiger charge is 2.32. The van der Waals surface area contributed by atoms with Crippen LogP contribution in [0, 0.1) is 0 Å². The zero-order valence-corrected chi connectivity index (χ0v) is 14.0. The lowest BCUT2D eigenvalue weighted by molar-refractivity contribution is 0.172. The highest BCUT2D eigenvalue weighted by atomic mass is 32.1. The third kappa shape index (κ3) is 2.26. The first kappa shape index (κ1) is 14.2. The van der Waals surface area contributed by atoms with Crippen molar-refractivity contribution >= 4 is 26.9 Å². The lowest BCUT2D eigenvalue weighted by atomic mass is 9.98. The predicted octanol–water partition coefficient (Wildman–Crippen LogP) is 4.70. The molecule has 0 aliphatic heterocycles. The highest BCUT2D eigenvalue weighted by Crippen LogP contribution is 2.47. The maximum atomic E-state index is 11.1. The lowest BCUT2D eigenvalue weighted by Gasteiger charge is -2.14. The van der Waals surface area contributed by atoms with Crippen LogP contribution >= 0.6 is 11.3 Å². The quantitative estimate of drug-likeness (QED) is 0.587. The molecular formula is C20H18N2OS. The highest BCUT2D eigenvalue weighted by molar-refractivity contribution is 7.17. The van der Waals surface area contributed by atoms with Gasteiger partial charge in [0.05, 0.1) is 18.0 Å². The van der Waals surface area contributed by atoms with Crippen LogP contribution < -0.4 is 0 Å². The summed E-state index contributed by atoms with van der Waals surface area (Å²) in [5.41, 5.74) is 2.24. The zero-order chi connectivity index (χ0) is 16.1. The van der Waals surface area contributed by atoms with Crippen LogP contribution in [0.25, 0.3) is 15.6 Å². The van der Waals surface area contributed by atoms with Crippen LogP contribution in [0.3, 0.4) is 0 Å². The second-order valence-corrected chi connectivity index (χ2v) is 7.65. The van der Waals surface area contributed by atoms with Crippen LogP contribution in [-0.2, 0) is 6.42 Å². The van der Waals surface area contributed by atoms with E-state index in [4.69, 9.17) is 0 Å². The lowest BCUT2D eigenvalue weighted by Crippen LogP contribution is -2.07. The maximum absolute atomic E-state index is 11.1. The van der Waals surface area contributed by atoms with Crippen LogP contribution in [0.4, 0.5) is 0 Å². The first-order chi connectivity index (χ1) is 11.8. The summed E-state index contributed by atoms with van der Waals surface area (Å²) in [6, 6.07) is 14.7. The van der Waals surface area contributed by atoms with Gasteiger partial charge in [0.15, 0.2) is 0 Å². The second kappa shape index (κ2) is 5.43. The molecule has 0 spiro atoms. The van der Waals surface area contributed by atoms with Crippen molar-refractivity contribution in [1.29, 1.82) is 0 Å². The molecule has 1 aliphatic rings. The molecule has 2 aromatic heterocycles. The van der Waals surface area contributed by atoms with Crippen LogP contribution in [0.2, 0.25) is 0 Å². The van der Waals surface area contributed by atoms with Crippen LogP contribution in [0.5, 0.6) is 0 Å². The molecule has 1 unspecified atom stereocenters. The van der Waals surface area contributed by atoms with Gasteiger partial charge in [-0.05, 0) is 35.1 Å². The minimum Gasteiger partial charge on any atom is -0.386 e. The van der Waals surface area contributed by atoms with E-state index in [1.807, 2.05) is 12.5 Å². The number of aliphatic hydroxyl groups is 1. The normalized spacial score (nSPS) is 16.0. The Morgan fingerprint density at radius 3 is 2.88 bits per heavy atom. The summed E-state index contributed by atoms with van der Waals surface area (Å²) >= 11 is 1.78. The van der Waals surface area contributed by atoms with E-state index in [0.717, 1.165) is 10.5 Å². The van der Waals surface area contributed by atoms with Gasteiger partial charge in [-0.25, -0.2) is 4.98 Å². The Morgan fingerprint density at radius 1 is 1.17 bits per heavy atom. The third-order valence-corrected chi connectivity index (χ3v) is 6.16. The topological polar surface area (TPSA) is 37.5 Å². The van der Waals surface area contributed by atoms with Crippen molar-refractivity contribution in [2.75, 3.05) is 0 Å². The van der Waals surface area contributed by atoms with Crippen molar-refractivity contribution in [2.45, 2.75) is 31.3 Å². The van der Waals surface area contributed by atoms with Gasteiger partial charge < -0.3 is 5.11 Å². The Bertz CT molecular complexity index is 1020. The van der Waals surface area contributed by atoms with Crippen molar-refractivity contribution in [2.24, 2.45) is 0 Å². The zero-order valence-electron chi connectivity index (χ0n) is 13.2. The summed E-state index contributed by atoms with van der Waals surface area (Å²) in [5, 5.41) is 13.5. The maximum Gasteiger partial charge on any atom is 0.120 e. The first-order valence-electron chi connectivity index (χ1n) is 8.40. The molecule has 24 heavy (non-hydrogen) atoms. The van der Waals surface area contributed by atoms with Gasteiger partial charge in [-0.1, -0.05) is 42.5 Å². The van der Waals surface area contributed by atoms with Gasteiger partial charge in [0.2, 0.25) is 0 Å². The molecule has 1 fully saturated rings. The van der Waals surface area contributed by atoms with E-state index >= 15 is 0 Å². The summed E-state index contributed by atoms with van der Waals surface area (Å²) in [6.07, 6.45) is 6.33. The number of benzene rings is 2. The van der Waals surface area contributed by atoms with Crippen molar-refractivity contribution in [3.8, 4) is 0 Å². The first-order valence-corrected chi connectivity index (χ1v) is 9.22. The van der Waals surface area contributed by atoms with E-state index in [-0.39, 0.29) is 0 Å². The van der Waals surface area contributed by atoms with E-state index in [1.165, 1.54) is 34.1 Å². The Labute approximate surface area is 144 Å². The number of hydrogen-bond acceptors (Lipinski definition) is 3. The fourth-order valence-electron chi connectivity index (χ4n) is 3.56. The molecule has 1 saturated carbocycles. The van der Waals surface area contributed by atoms with Gasteiger partial charge in [-0.3, -0.25) is 4.40 Å². The molecule has 2 heterocycles. The molecule has 4 heteroatoms.